The summed E-state index contributed by atoms with van der Waals surface area (Å²) in [6.45, 7) is 0. The first-order chi connectivity index (χ1) is 9.74. The molecule has 2 aromatic rings. The number of hydrogen-bond acceptors (Lipinski definition) is 2. The number of anilines is 1. The highest BCUT2D eigenvalue weighted by atomic mass is 127. The number of benzene rings is 2. The Hall–Kier alpha value is -1.01. The zero-order chi connectivity index (χ0) is 14.2. The molecule has 1 N–H and O–H groups in total. The normalized spacial score (nSPS) is 10.2. The molecule has 0 spiro atoms. The highest BCUT2D eigenvalue weighted by molar-refractivity contribution is 14.1. The van der Waals surface area contributed by atoms with Gasteiger partial charge in [-0.3, -0.25) is 4.79 Å². The second-order valence-electron chi connectivity index (χ2n) is 4.32. The van der Waals surface area contributed by atoms with Gasteiger partial charge in [0.1, 0.15) is 0 Å². The Labute approximate surface area is 137 Å². The van der Waals surface area contributed by atoms with Crippen molar-refractivity contribution in [2.45, 2.75) is 17.7 Å². The summed E-state index contributed by atoms with van der Waals surface area (Å²) >= 11 is 4.04. The van der Waals surface area contributed by atoms with Crippen LogP contribution in [0.3, 0.4) is 0 Å². The summed E-state index contributed by atoms with van der Waals surface area (Å²) in [5.41, 5.74) is 0.867. The number of rotatable bonds is 6. The lowest BCUT2D eigenvalue weighted by Gasteiger charge is -2.05. The molecule has 0 fully saturated rings. The maximum absolute atomic E-state index is 11.8. The molecule has 0 atom stereocenters. The Kier molecular flexibility index (Phi) is 6.39. The second-order valence-corrected chi connectivity index (χ2v) is 6.73. The maximum Gasteiger partial charge on any atom is 0.224 e. The van der Waals surface area contributed by atoms with Crippen molar-refractivity contribution < 1.29 is 4.79 Å². The Balaban J connectivity index is 1.66. The molecule has 0 saturated carbocycles. The summed E-state index contributed by atoms with van der Waals surface area (Å²) < 4.78 is 1.17. The molecule has 2 rings (SSSR count). The van der Waals surface area contributed by atoms with Gasteiger partial charge in [-0.15, -0.1) is 11.8 Å². The third-order valence-corrected chi connectivity index (χ3v) is 4.51. The van der Waals surface area contributed by atoms with Crippen molar-refractivity contribution in [1.29, 1.82) is 0 Å². The molecule has 104 valence electrons. The number of carbonyl (C=O) groups excluding carboxylic acids is 1. The quantitative estimate of drug-likeness (QED) is 0.431. The van der Waals surface area contributed by atoms with Crippen LogP contribution in [-0.4, -0.2) is 11.7 Å². The van der Waals surface area contributed by atoms with E-state index in [9.17, 15) is 4.79 Å². The zero-order valence-corrected chi connectivity index (χ0v) is 14.0. The van der Waals surface area contributed by atoms with Gasteiger partial charge < -0.3 is 5.32 Å². The van der Waals surface area contributed by atoms with Gasteiger partial charge in [-0.25, -0.2) is 0 Å². The van der Waals surface area contributed by atoms with Crippen LogP contribution in [0.2, 0.25) is 0 Å². The summed E-state index contributed by atoms with van der Waals surface area (Å²) in [6, 6.07) is 18.1. The van der Waals surface area contributed by atoms with E-state index in [4.69, 9.17) is 0 Å². The molecule has 0 aliphatic rings. The first kappa shape index (κ1) is 15.4. The van der Waals surface area contributed by atoms with Crippen molar-refractivity contribution >= 4 is 45.9 Å². The van der Waals surface area contributed by atoms with Crippen LogP contribution in [0.5, 0.6) is 0 Å². The highest BCUT2D eigenvalue weighted by Gasteiger charge is 2.02. The van der Waals surface area contributed by atoms with Crippen LogP contribution in [0.1, 0.15) is 12.8 Å². The van der Waals surface area contributed by atoms with E-state index in [-0.39, 0.29) is 5.91 Å². The number of carbonyl (C=O) groups is 1. The predicted molar refractivity (Wildman–Crippen MR) is 94.2 cm³/mol. The molecule has 1 amide bonds. The molecule has 2 nitrogen and oxygen atoms in total. The van der Waals surface area contributed by atoms with Crippen LogP contribution < -0.4 is 5.32 Å². The van der Waals surface area contributed by atoms with Gasteiger partial charge in [0.05, 0.1) is 0 Å². The first-order valence-corrected chi connectivity index (χ1v) is 8.54. The number of amides is 1. The lowest BCUT2D eigenvalue weighted by atomic mass is 10.3. The highest BCUT2D eigenvalue weighted by Crippen LogP contribution is 2.18. The van der Waals surface area contributed by atoms with Crippen LogP contribution in [0.15, 0.2) is 59.5 Å². The third kappa shape index (κ3) is 5.54. The average Bonchev–Trinajstić information content (AvgIpc) is 2.47. The Bertz CT molecular complexity index is 542. The minimum Gasteiger partial charge on any atom is -0.326 e. The van der Waals surface area contributed by atoms with Crippen molar-refractivity contribution in [2.75, 3.05) is 11.1 Å². The predicted octanol–water partition coefficient (Wildman–Crippen LogP) is 4.80. The molecular formula is C16H16INOS. The fraction of sp³-hybridized carbons (Fsp3) is 0.188. The Morgan fingerprint density at radius 3 is 2.45 bits per heavy atom. The smallest absolute Gasteiger partial charge is 0.224 e. The first-order valence-electron chi connectivity index (χ1n) is 6.47. The van der Waals surface area contributed by atoms with Gasteiger partial charge in [0.25, 0.3) is 0 Å². The van der Waals surface area contributed by atoms with E-state index in [1.165, 1.54) is 8.47 Å². The molecule has 2 aromatic carbocycles. The summed E-state index contributed by atoms with van der Waals surface area (Å²) in [5.74, 6) is 1.05. The van der Waals surface area contributed by atoms with Crippen LogP contribution in [0, 0.1) is 3.57 Å². The number of thioether (sulfide) groups is 1. The summed E-state index contributed by atoms with van der Waals surface area (Å²) in [5, 5.41) is 2.92. The Morgan fingerprint density at radius 1 is 1.05 bits per heavy atom. The lowest BCUT2D eigenvalue weighted by Crippen LogP contribution is -2.11. The molecule has 0 radical (unpaired) electrons. The van der Waals surface area contributed by atoms with Gasteiger partial charge in [-0.2, -0.15) is 0 Å². The number of nitrogens with one attached hydrogen (secondary N) is 1. The summed E-state index contributed by atoms with van der Waals surface area (Å²) in [6.07, 6.45) is 1.45. The SMILES string of the molecule is O=C(CCCSc1ccccc1)Nc1ccc(I)cc1. The summed E-state index contributed by atoms with van der Waals surface area (Å²) in [7, 11) is 0. The van der Waals surface area contributed by atoms with E-state index in [0.29, 0.717) is 6.42 Å². The van der Waals surface area contributed by atoms with Gasteiger partial charge in [0.15, 0.2) is 0 Å². The number of hydrogen-bond donors (Lipinski definition) is 1. The Morgan fingerprint density at radius 2 is 1.75 bits per heavy atom. The van der Waals surface area contributed by atoms with Gasteiger partial charge in [0.2, 0.25) is 5.91 Å². The van der Waals surface area contributed by atoms with Gasteiger partial charge in [-0.05, 0) is 71.2 Å². The van der Waals surface area contributed by atoms with E-state index < -0.39 is 0 Å². The molecule has 0 saturated heterocycles. The molecule has 0 bridgehead atoms. The molecule has 0 unspecified atom stereocenters. The molecule has 4 heteroatoms. The largest absolute Gasteiger partial charge is 0.326 e. The van der Waals surface area contributed by atoms with Gasteiger partial charge in [-0.1, -0.05) is 18.2 Å². The fourth-order valence-corrected chi connectivity index (χ4v) is 2.93. The molecule has 0 aliphatic heterocycles. The molecule has 0 aliphatic carbocycles. The maximum atomic E-state index is 11.8. The van der Waals surface area contributed by atoms with E-state index in [1.54, 1.807) is 11.8 Å². The van der Waals surface area contributed by atoms with Crippen molar-refractivity contribution in [3.63, 3.8) is 0 Å². The van der Waals surface area contributed by atoms with Crippen LogP contribution in [-0.2, 0) is 4.79 Å². The van der Waals surface area contributed by atoms with E-state index in [1.807, 2.05) is 42.5 Å². The van der Waals surface area contributed by atoms with Gasteiger partial charge in [0, 0.05) is 20.6 Å². The van der Waals surface area contributed by atoms with Gasteiger partial charge >= 0.3 is 0 Å². The van der Waals surface area contributed by atoms with E-state index >= 15 is 0 Å². The molecule has 0 aromatic heterocycles. The molecular weight excluding hydrogens is 381 g/mol. The zero-order valence-electron chi connectivity index (χ0n) is 11.0. The monoisotopic (exact) mass is 397 g/mol. The van der Waals surface area contributed by atoms with Crippen molar-refractivity contribution in [3.05, 3.63) is 58.2 Å². The van der Waals surface area contributed by atoms with Crippen LogP contribution >= 0.6 is 34.4 Å². The lowest BCUT2D eigenvalue weighted by molar-refractivity contribution is -0.116. The van der Waals surface area contributed by atoms with E-state index in [0.717, 1.165) is 17.9 Å². The summed E-state index contributed by atoms with van der Waals surface area (Å²) in [4.78, 5) is 13.0. The van der Waals surface area contributed by atoms with E-state index in [2.05, 4.69) is 40.0 Å². The third-order valence-electron chi connectivity index (χ3n) is 2.69. The van der Waals surface area contributed by atoms with Crippen molar-refractivity contribution in [2.24, 2.45) is 0 Å². The minimum absolute atomic E-state index is 0.0832. The molecule has 0 heterocycles. The molecule has 20 heavy (non-hydrogen) atoms. The van der Waals surface area contributed by atoms with Crippen molar-refractivity contribution in [1.82, 2.24) is 0 Å². The second kappa shape index (κ2) is 8.32. The topological polar surface area (TPSA) is 29.1 Å². The fourth-order valence-electron chi connectivity index (χ4n) is 1.70. The minimum atomic E-state index is 0.0832. The average molecular weight is 397 g/mol. The number of halogens is 1. The van der Waals surface area contributed by atoms with Crippen LogP contribution in [0.4, 0.5) is 5.69 Å². The standard InChI is InChI=1S/C16H16INOS/c17-13-8-10-14(11-9-13)18-16(19)7-4-12-20-15-5-2-1-3-6-15/h1-3,5-6,8-11H,4,7,12H2,(H,18,19). The van der Waals surface area contributed by atoms with Crippen LogP contribution in [0.25, 0.3) is 0 Å². The van der Waals surface area contributed by atoms with Crippen molar-refractivity contribution in [3.8, 4) is 0 Å².